The smallest absolute Gasteiger partial charge is 0.256 e. The summed E-state index contributed by atoms with van der Waals surface area (Å²) >= 11 is 0. The van der Waals surface area contributed by atoms with Gasteiger partial charge in [-0.25, -0.2) is 5.84 Å². The maximum Gasteiger partial charge on any atom is 0.256 e. The van der Waals surface area contributed by atoms with Crippen LogP contribution >= 0.6 is 0 Å². The van der Waals surface area contributed by atoms with E-state index in [1.54, 1.807) is 0 Å². The van der Waals surface area contributed by atoms with Crippen molar-refractivity contribution in [2.24, 2.45) is 11.8 Å². The molecule has 1 aliphatic heterocycles. The Balaban J connectivity index is 2.31. The highest BCUT2D eigenvalue weighted by Gasteiger charge is 2.32. The number of fused-ring (bicyclic) bond motifs is 1. The molecule has 1 aromatic rings. The van der Waals surface area contributed by atoms with Crippen LogP contribution < -0.4 is 16.2 Å². The fourth-order valence-electron chi connectivity index (χ4n) is 2.54. The van der Waals surface area contributed by atoms with Crippen molar-refractivity contribution >= 4 is 11.6 Å². The van der Waals surface area contributed by atoms with Gasteiger partial charge in [-0.15, -0.1) is 0 Å². The van der Waals surface area contributed by atoms with Gasteiger partial charge in [0.2, 0.25) is 0 Å². The number of hydrazine groups is 1. The molecule has 0 fully saturated rings. The largest absolute Gasteiger partial charge is 0.359 e. The van der Waals surface area contributed by atoms with E-state index in [0.717, 1.165) is 18.7 Å². The van der Waals surface area contributed by atoms with Crippen molar-refractivity contribution in [2.45, 2.75) is 26.3 Å². The molecule has 1 aliphatic rings. The summed E-state index contributed by atoms with van der Waals surface area (Å²) in [6.07, 6.45) is 0.997. The molecule has 92 valence electrons. The third-order valence-electron chi connectivity index (χ3n) is 3.30. The lowest BCUT2D eigenvalue weighted by molar-refractivity contribution is -0.123. The molecular formula is C13H19N3O. The second kappa shape index (κ2) is 4.75. The Morgan fingerprint density at radius 3 is 2.76 bits per heavy atom. The van der Waals surface area contributed by atoms with Gasteiger partial charge in [0.25, 0.3) is 5.91 Å². The zero-order chi connectivity index (χ0) is 12.4. The first-order valence-electron chi connectivity index (χ1n) is 6.00. The highest BCUT2D eigenvalue weighted by Crippen LogP contribution is 2.31. The van der Waals surface area contributed by atoms with E-state index in [-0.39, 0.29) is 17.9 Å². The van der Waals surface area contributed by atoms with Crippen LogP contribution in [0.3, 0.4) is 0 Å². The van der Waals surface area contributed by atoms with Crippen LogP contribution in [-0.4, -0.2) is 18.5 Å². The molecule has 2 rings (SSSR count). The Kier molecular flexibility index (Phi) is 3.33. The molecule has 0 spiro atoms. The van der Waals surface area contributed by atoms with Crippen LogP contribution in [0.15, 0.2) is 24.3 Å². The molecule has 4 heteroatoms. The Hall–Kier alpha value is -1.55. The Labute approximate surface area is 102 Å². The number of carbonyl (C=O) groups excluding carboxylic acids is 1. The quantitative estimate of drug-likeness (QED) is 0.466. The Morgan fingerprint density at radius 2 is 2.12 bits per heavy atom. The van der Waals surface area contributed by atoms with Gasteiger partial charge in [0.15, 0.2) is 0 Å². The van der Waals surface area contributed by atoms with Crippen molar-refractivity contribution in [1.82, 2.24) is 5.43 Å². The van der Waals surface area contributed by atoms with Crippen LogP contribution in [0.5, 0.6) is 0 Å². The number of nitrogens with two attached hydrogens (primary N) is 1. The molecule has 0 aliphatic carbocycles. The van der Waals surface area contributed by atoms with E-state index in [4.69, 9.17) is 5.84 Å². The molecule has 1 heterocycles. The van der Waals surface area contributed by atoms with Crippen LogP contribution in [0.4, 0.5) is 5.69 Å². The van der Waals surface area contributed by atoms with Gasteiger partial charge >= 0.3 is 0 Å². The third-order valence-corrected chi connectivity index (χ3v) is 3.30. The average Bonchev–Trinajstić information content (AvgIpc) is 2.73. The van der Waals surface area contributed by atoms with E-state index in [1.165, 1.54) is 5.56 Å². The minimum absolute atomic E-state index is 0.114. The van der Waals surface area contributed by atoms with Crippen LogP contribution in [0, 0.1) is 5.92 Å². The summed E-state index contributed by atoms with van der Waals surface area (Å²) in [6.45, 7) is 4.97. The molecule has 4 nitrogen and oxygen atoms in total. The van der Waals surface area contributed by atoms with Crippen LogP contribution in [0.2, 0.25) is 0 Å². The number of para-hydroxylation sites is 1. The lowest BCUT2D eigenvalue weighted by Crippen LogP contribution is -2.51. The van der Waals surface area contributed by atoms with Crippen molar-refractivity contribution in [2.75, 3.05) is 11.4 Å². The maximum absolute atomic E-state index is 11.9. The zero-order valence-corrected chi connectivity index (χ0v) is 10.3. The number of rotatable bonds is 3. The van der Waals surface area contributed by atoms with E-state index < -0.39 is 0 Å². The number of hydrogen-bond donors (Lipinski definition) is 2. The van der Waals surface area contributed by atoms with Gasteiger partial charge in [-0.1, -0.05) is 32.0 Å². The van der Waals surface area contributed by atoms with E-state index in [2.05, 4.69) is 22.5 Å². The molecule has 17 heavy (non-hydrogen) atoms. The molecule has 1 atom stereocenters. The zero-order valence-electron chi connectivity index (χ0n) is 10.3. The molecule has 0 saturated heterocycles. The first-order chi connectivity index (χ1) is 8.15. The SMILES string of the molecule is CC(C)C(C(=O)NN)N1CCc2ccccc21. The van der Waals surface area contributed by atoms with Gasteiger partial charge in [-0.2, -0.15) is 0 Å². The highest BCUT2D eigenvalue weighted by atomic mass is 16.2. The van der Waals surface area contributed by atoms with Gasteiger partial charge < -0.3 is 4.90 Å². The average molecular weight is 233 g/mol. The number of carbonyl (C=O) groups is 1. The van der Waals surface area contributed by atoms with Crippen molar-refractivity contribution in [3.63, 3.8) is 0 Å². The normalized spacial score (nSPS) is 15.9. The minimum atomic E-state index is -0.191. The second-order valence-electron chi connectivity index (χ2n) is 4.77. The van der Waals surface area contributed by atoms with Gasteiger partial charge in [-0.3, -0.25) is 10.2 Å². The number of benzene rings is 1. The molecule has 1 aromatic carbocycles. The van der Waals surface area contributed by atoms with E-state index in [9.17, 15) is 4.79 Å². The first kappa shape index (κ1) is 11.9. The van der Waals surface area contributed by atoms with Crippen LogP contribution in [-0.2, 0) is 11.2 Å². The van der Waals surface area contributed by atoms with E-state index in [1.807, 2.05) is 26.0 Å². The number of hydrogen-bond acceptors (Lipinski definition) is 3. The molecule has 3 N–H and O–H groups in total. The molecular weight excluding hydrogens is 214 g/mol. The second-order valence-corrected chi connectivity index (χ2v) is 4.77. The predicted molar refractivity (Wildman–Crippen MR) is 68.4 cm³/mol. The fourth-order valence-corrected chi connectivity index (χ4v) is 2.54. The number of anilines is 1. The topological polar surface area (TPSA) is 58.4 Å². The van der Waals surface area contributed by atoms with Gasteiger partial charge in [0, 0.05) is 12.2 Å². The van der Waals surface area contributed by atoms with Crippen molar-refractivity contribution in [3.8, 4) is 0 Å². The summed E-state index contributed by atoms with van der Waals surface area (Å²) in [4.78, 5) is 14.0. The van der Waals surface area contributed by atoms with Crippen molar-refractivity contribution in [3.05, 3.63) is 29.8 Å². The predicted octanol–water partition coefficient (Wildman–Crippen LogP) is 1.06. The minimum Gasteiger partial charge on any atom is -0.359 e. The first-order valence-corrected chi connectivity index (χ1v) is 6.00. The Morgan fingerprint density at radius 1 is 1.41 bits per heavy atom. The molecule has 1 amide bonds. The van der Waals surface area contributed by atoms with Crippen LogP contribution in [0.25, 0.3) is 0 Å². The molecule has 0 aromatic heterocycles. The standard InChI is InChI=1S/C13H19N3O/c1-9(2)12(13(17)15-14)16-8-7-10-5-3-4-6-11(10)16/h3-6,9,12H,7-8,14H2,1-2H3,(H,15,17). The summed E-state index contributed by atoms with van der Waals surface area (Å²) in [5.74, 6) is 5.38. The molecule has 0 radical (unpaired) electrons. The molecule has 1 unspecified atom stereocenters. The lowest BCUT2D eigenvalue weighted by atomic mass is 10.0. The van der Waals surface area contributed by atoms with Gasteiger partial charge in [0.05, 0.1) is 0 Å². The van der Waals surface area contributed by atoms with Crippen molar-refractivity contribution < 1.29 is 4.79 Å². The fraction of sp³-hybridized carbons (Fsp3) is 0.462. The summed E-state index contributed by atoms with van der Waals surface area (Å²) in [5.41, 5.74) is 4.74. The summed E-state index contributed by atoms with van der Waals surface area (Å²) in [5, 5.41) is 0. The van der Waals surface area contributed by atoms with E-state index >= 15 is 0 Å². The van der Waals surface area contributed by atoms with Gasteiger partial charge in [-0.05, 0) is 24.0 Å². The highest BCUT2D eigenvalue weighted by molar-refractivity contribution is 5.86. The molecule has 0 saturated carbocycles. The lowest BCUT2D eigenvalue weighted by Gasteiger charge is -2.31. The maximum atomic E-state index is 11.9. The third kappa shape index (κ3) is 2.13. The van der Waals surface area contributed by atoms with Crippen LogP contribution in [0.1, 0.15) is 19.4 Å². The number of amides is 1. The summed E-state index contributed by atoms with van der Waals surface area (Å²) in [6, 6.07) is 8.04. The Bertz CT molecular complexity index is 417. The summed E-state index contributed by atoms with van der Waals surface area (Å²) in [7, 11) is 0. The van der Waals surface area contributed by atoms with Gasteiger partial charge in [0.1, 0.15) is 6.04 Å². The monoisotopic (exact) mass is 233 g/mol. The van der Waals surface area contributed by atoms with Crippen molar-refractivity contribution in [1.29, 1.82) is 0 Å². The van der Waals surface area contributed by atoms with E-state index in [0.29, 0.717) is 0 Å². The molecule has 0 bridgehead atoms. The number of nitrogens with one attached hydrogen (secondary N) is 1. The number of nitrogens with zero attached hydrogens (tertiary/aromatic N) is 1. The summed E-state index contributed by atoms with van der Waals surface area (Å²) < 4.78 is 0.